The van der Waals surface area contributed by atoms with Crippen LogP contribution in [0.15, 0.2) is 12.4 Å². The Morgan fingerprint density at radius 2 is 2.15 bits per heavy atom. The molecule has 0 aromatic carbocycles. The van der Waals surface area contributed by atoms with Gasteiger partial charge in [-0.25, -0.2) is 9.78 Å². The lowest BCUT2D eigenvalue weighted by atomic mass is 9.86. The molecule has 3 atom stereocenters. The van der Waals surface area contributed by atoms with Crippen LogP contribution in [0.3, 0.4) is 0 Å². The maximum absolute atomic E-state index is 12.4. The van der Waals surface area contributed by atoms with E-state index in [-0.39, 0.29) is 30.6 Å². The zero-order valence-corrected chi connectivity index (χ0v) is 15.7. The molecule has 0 radical (unpaired) electrons. The van der Waals surface area contributed by atoms with E-state index in [0.29, 0.717) is 5.92 Å². The van der Waals surface area contributed by atoms with Crippen molar-refractivity contribution in [2.75, 3.05) is 26.2 Å². The molecule has 1 aliphatic carbocycles. The monoisotopic (exact) mass is 362 g/mol. The molecule has 3 rings (SSSR count). The molecule has 8 nitrogen and oxygen atoms in total. The molecule has 1 aromatic rings. The minimum Gasteiger partial charge on any atom is -0.337 e. The first-order valence-corrected chi connectivity index (χ1v) is 9.57. The Morgan fingerprint density at radius 1 is 1.35 bits per heavy atom. The van der Waals surface area contributed by atoms with Crippen molar-refractivity contribution in [3.05, 3.63) is 18.2 Å². The Kier molecular flexibility index (Phi) is 6.26. The fourth-order valence-corrected chi connectivity index (χ4v) is 3.97. The second-order valence-corrected chi connectivity index (χ2v) is 7.48. The molecule has 2 aliphatic rings. The fraction of sp³-hybridized carbons (Fsp3) is 0.722. The van der Waals surface area contributed by atoms with Crippen LogP contribution in [0.4, 0.5) is 4.79 Å². The number of nitrogens with zero attached hydrogens (tertiary/aromatic N) is 3. The SMILES string of the molecule is CC1CCCCC1NC(=O)NC(=O)CN1CCNCC1c1nccn1C. The Labute approximate surface area is 154 Å². The Balaban J connectivity index is 1.52. The van der Waals surface area contributed by atoms with Crippen LogP contribution in [0.5, 0.6) is 0 Å². The highest BCUT2D eigenvalue weighted by Gasteiger charge is 2.29. The lowest BCUT2D eigenvalue weighted by Gasteiger charge is -2.35. The van der Waals surface area contributed by atoms with E-state index >= 15 is 0 Å². The van der Waals surface area contributed by atoms with Crippen molar-refractivity contribution in [3.8, 4) is 0 Å². The maximum atomic E-state index is 12.4. The molecule has 2 fully saturated rings. The molecule has 3 amide bonds. The molecule has 26 heavy (non-hydrogen) atoms. The van der Waals surface area contributed by atoms with Gasteiger partial charge in [0.15, 0.2) is 0 Å². The number of carbonyl (C=O) groups excluding carboxylic acids is 2. The number of imidazole rings is 1. The highest BCUT2D eigenvalue weighted by molar-refractivity contribution is 5.95. The molecule has 3 N–H and O–H groups in total. The standard InChI is InChI=1S/C18H30N6O2/c1-13-5-3-4-6-14(13)21-18(26)22-16(25)12-24-10-7-19-11-15(24)17-20-8-9-23(17)2/h8-9,13-15,19H,3-7,10-12H2,1-2H3,(H2,21,22,25,26). The largest absolute Gasteiger partial charge is 0.337 e. The number of rotatable bonds is 4. The molecule has 2 heterocycles. The smallest absolute Gasteiger partial charge is 0.321 e. The van der Waals surface area contributed by atoms with Gasteiger partial charge in [0.1, 0.15) is 5.82 Å². The number of imide groups is 1. The van der Waals surface area contributed by atoms with Gasteiger partial charge in [-0.1, -0.05) is 19.8 Å². The summed E-state index contributed by atoms with van der Waals surface area (Å²) < 4.78 is 1.97. The third-order valence-electron chi connectivity index (χ3n) is 5.54. The van der Waals surface area contributed by atoms with Gasteiger partial charge < -0.3 is 15.2 Å². The van der Waals surface area contributed by atoms with Gasteiger partial charge in [0.05, 0.1) is 12.6 Å². The van der Waals surface area contributed by atoms with Crippen LogP contribution < -0.4 is 16.0 Å². The van der Waals surface area contributed by atoms with E-state index in [2.05, 4.69) is 32.8 Å². The van der Waals surface area contributed by atoms with Gasteiger partial charge in [0.25, 0.3) is 0 Å². The number of nitrogens with one attached hydrogen (secondary N) is 3. The molecular formula is C18H30N6O2. The summed E-state index contributed by atoms with van der Waals surface area (Å²) in [6, 6.07) is -0.190. The van der Waals surface area contributed by atoms with Gasteiger partial charge >= 0.3 is 6.03 Å². The number of aryl methyl sites for hydroxylation is 1. The zero-order chi connectivity index (χ0) is 18.5. The first kappa shape index (κ1) is 18.8. The van der Waals surface area contributed by atoms with E-state index in [4.69, 9.17) is 0 Å². The molecule has 1 saturated heterocycles. The fourth-order valence-electron chi connectivity index (χ4n) is 3.97. The highest BCUT2D eigenvalue weighted by atomic mass is 16.2. The van der Waals surface area contributed by atoms with Crippen LogP contribution in [0.25, 0.3) is 0 Å². The average Bonchev–Trinajstić information content (AvgIpc) is 3.03. The van der Waals surface area contributed by atoms with Gasteiger partial charge in [-0.15, -0.1) is 0 Å². The van der Waals surface area contributed by atoms with Crippen molar-refractivity contribution >= 4 is 11.9 Å². The molecule has 144 valence electrons. The predicted molar refractivity (Wildman–Crippen MR) is 98.5 cm³/mol. The summed E-state index contributed by atoms with van der Waals surface area (Å²) in [4.78, 5) is 31.1. The average molecular weight is 362 g/mol. The summed E-state index contributed by atoms with van der Waals surface area (Å²) in [6.45, 7) is 4.65. The van der Waals surface area contributed by atoms with Crippen LogP contribution in [0.2, 0.25) is 0 Å². The molecule has 1 aromatic heterocycles. The minimum absolute atomic E-state index is 0.0240. The topological polar surface area (TPSA) is 91.3 Å². The van der Waals surface area contributed by atoms with Crippen LogP contribution in [-0.2, 0) is 11.8 Å². The molecule has 1 saturated carbocycles. The second kappa shape index (κ2) is 8.64. The van der Waals surface area contributed by atoms with Gasteiger partial charge in [0, 0.05) is 45.1 Å². The number of hydrogen-bond donors (Lipinski definition) is 3. The Bertz CT molecular complexity index is 631. The van der Waals surface area contributed by atoms with E-state index in [1.54, 1.807) is 6.20 Å². The van der Waals surface area contributed by atoms with Crippen LogP contribution in [-0.4, -0.2) is 58.6 Å². The Hall–Kier alpha value is -1.93. The number of aromatic nitrogens is 2. The third kappa shape index (κ3) is 4.62. The lowest BCUT2D eigenvalue weighted by molar-refractivity contribution is -0.122. The molecular weight excluding hydrogens is 332 g/mol. The summed E-state index contributed by atoms with van der Waals surface area (Å²) in [7, 11) is 1.95. The minimum atomic E-state index is -0.377. The lowest BCUT2D eigenvalue weighted by Crippen LogP contribution is -2.53. The van der Waals surface area contributed by atoms with E-state index in [0.717, 1.165) is 44.7 Å². The first-order valence-electron chi connectivity index (χ1n) is 9.57. The summed E-state index contributed by atoms with van der Waals surface area (Å²) in [5.41, 5.74) is 0. The van der Waals surface area contributed by atoms with Gasteiger partial charge in [-0.05, 0) is 18.8 Å². The van der Waals surface area contributed by atoms with E-state index in [1.807, 2.05) is 17.8 Å². The van der Waals surface area contributed by atoms with E-state index in [1.165, 1.54) is 6.42 Å². The van der Waals surface area contributed by atoms with Crippen molar-refractivity contribution in [3.63, 3.8) is 0 Å². The quantitative estimate of drug-likeness (QED) is 0.736. The Morgan fingerprint density at radius 3 is 2.88 bits per heavy atom. The molecule has 0 bridgehead atoms. The number of piperazine rings is 1. The highest BCUT2D eigenvalue weighted by Crippen LogP contribution is 2.23. The van der Waals surface area contributed by atoms with Crippen molar-refractivity contribution in [2.24, 2.45) is 13.0 Å². The van der Waals surface area contributed by atoms with Crippen molar-refractivity contribution in [2.45, 2.75) is 44.7 Å². The van der Waals surface area contributed by atoms with Gasteiger partial charge in [-0.2, -0.15) is 0 Å². The van der Waals surface area contributed by atoms with Crippen molar-refractivity contribution < 1.29 is 9.59 Å². The number of urea groups is 1. The third-order valence-corrected chi connectivity index (χ3v) is 5.54. The maximum Gasteiger partial charge on any atom is 0.321 e. The van der Waals surface area contributed by atoms with Gasteiger partial charge in [0.2, 0.25) is 5.91 Å². The first-order chi connectivity index (χ1) is 12.5. The number of hydrogen-bond acceptors (Lipinski definition) is 5. The van der Waals surface area contributed by atoms with E-state index < -0.39 is 0 Å². The molecule has 8 heteroatoms. The van der Waals surface area contributed by atoms with Crippen molar-refractivity contribution in [1.29, 1.82) is 0 Å². The zero-order valence-electron chi connectivity index (χ0n) is 15.7. The van der Waals surface area contributed by atoms with E-state index in [9.17, 15) is 9.59 Å². The predicted octanol–water partition coefficient (Wildman–Crippen LogP) is 0.771. The summed E-state index contributed by atoms with van der Waals surface area (Å²) in [5, 5.41) is 8.81. The molecule has 0 spiro atoms. The number of carbonyl (C=O) groups is 2. The molecule has 1 aliphatic heterocycles. The summed E-state index contributed by atoms with van der Waals surface area (Å²) >= 11 is 0. The van der Waals surface area contributed by atoms with Crippen LogP contribution in [0.1, 0.15) is 44.5 Å². The second-order valence-electron chi connectivity index (χ2n) is 7.48. The van der Waals surface area contributed by atoms with Crippen LogP contribution in [0, 0.1) is 5.92 Å². The summed E-state index contributed by atoms with van der Waals surface area (Å²) in [6.07, 6.45) is 8.14. The summed E-state index contributed by atoms with van der Waals surface area (Å²) in [5.74, 6) is 1.11. The normalized spacial score (nSPS) is 27.1. The van der Waals surface area contributed by atoms with Crippen LogP contribution >= 0.6 is 0 Å². The number of amides is 3. The van der Waals surface area contributed by atoms with Crippen molar-refractivity contribution in [1.82, 2.24) is 30.4 Å². The van der Waals surface area contributed by atoms with Gasteiger partial charge in [-0.3, -0.25) is 15.0 Å². The molecule has 3 unspecified atom stereocenters.